The Morgan fingerprint density at radius 3 is 2.71 bits per heavy atom. The van der Waals surface area contributed by atoms with Crippen molar-refractivity contribution in [2.45, 2.75) is 57.2 Å². The van der Waals surface area contributed by atoms with Gasteiger partial charge in [-0.1, -0.05) is 12.5 Å². The van der Waals surface area contributed by atoms with Gasteiger partial charge in [-0.2, -0.15) is 0 Å². The fourth-order valence-electron chi connectivity index (χ4n) is 3.01. The van der Waals surface area contributed by atoms with Gasteiger partial charge in [0, 0.05) is 0 Å². The summed E-state index contributed by atoms with van der Waals surface area (Å²) in [6, 6.07) is 6.42. The lowest BCUT2D eigenvalue weighted by molar-refractivity contribution is 0.00684. The molecule has 2 aliphatic carbocycles. The molecule has 1 saturated carbocycles. The van der Waals surface area contributed by atoms with E-state index in [0.29, 0.717) is 0 Å². The lowest BCUT2D eigenvalue weighted by atomic mass is 9.95. The Balaban J connectivity index is 1.72. The maximum Gasteiger partial charge on any atom is 0.124 e. The Bertz CT molecular complexity index is 400. The predicted octanol–water partition coefficient (Wildman–Crippen LogP) is 2.86. The Labute approximate surface area is 103 Å². The Hall–Kier alpha value is -1.02. The molecular formula is C15H20O2. The molecule has 2 atom stereocenters. The zero-order valence-corrected chi connectivity index (χ0v) is 10.2. The van der Waals surface area contributed by atoms with Gasteiger partial charge in [0.05, 0.1) is 6.10 Å². The fraction of sp³-hybridized carbons (Fsp3) is 0.600. The first kappa shape index (κ1) is 11.1. The van der Waals surface area contributed by atoms with E-state index < -0.39 is 0 Å². The largest absolute Gasteiger partial charge is 0.488 e. The van der Waals surface area contributed by atoms with Gasteiger partial charge < -0.3 is 9.84 Å². The Morgan fingerprint density at radius 1 is 1.00 bits per heavy atom. The number of hydrogen-bond donors (Lipinski definition) is 1. The lowest BCUT2D eigenvalue weighted by Gasteiger charge is -2.28. The lowest BCUT2D eigenvalue weighted by Crippen LogP contribution is -2.34. The average molecular weight is 232 g/mol. The van der Waals surface area contributed by atoms with Gasteiger partial charge in [-0.05, 0) is 61.8 Å². The fourth-order valence-corrected chi connectivity index (χ4v) is 3.01. The van der Waals surface area contributed by atoms with Crippen LogP contribution in [0.25, 0.3) is 0 Å². The number of aryl methyl sites for hydroxylation is 2. The third kappa shape index (κ3) is 2.32. The minimum atomic E-state index is -0.281. The molecule has 92 valence electrons. The van der Waals surface area contributed by atoms with Crippen LogP contribution >= 0.6 is 0 Å². The molecule has 0 aromatic heterocycles. The second-order valence-electron chi connectivity index (χ2n) is 5.29. The Kier molecular flexibility index (Phi) is 3.06. The molecule has 1 aromatic carbocycles. The van der Waals surface area contributed by atoms with Crippen LogP contribution in [0.2, 0.25) is 0 Å². The van der Waals surface area contributed by atoms with Gasteiger partial charge in [0.25, 0.3) is 0 Å². The molecule has 0 saturated heterocycles. The smallest absolute Gasteiger partial charge is 0.124 e. The van der Waals surface area contributed by atoms with Crippen LogP contribution in [0.1, 0.15) is 43.2 Å². The van der Waals surface area contributed by atoms with Crippen molar-refractivity contribution in [1.82, 2.24) is 0 Å². The number of ether oxygens (including phenoxy) is 1. The molecule has 3 rings (SSSR count). The summed E-state index contributed by atoms with van der Waals surface area (Å²) in [5.41, 5.74) is 2.91. The van der Waals surface area contributed by atoms with Crippen molar-refractivity contribution < 1.29 is 9.84 Å². The maximum atomic E-state index is 9.90. The molecule has 1 aromatic rings. The molecular weight excluding hydrogens is 212 g/mol. The van der Waals surface area contributed by atoms with E-state index in [4.69, 9.17) is 4.74 Å². The van der Waals surface area contributed by atoms with Crippen LogP contribution in [0, 0.1) is 0 Å². The molecule has 2 heteroatoms. The van der Waals surface area contributed by atoms with Gasteiger partial charge in [0.15, 0.2) is 0 Å². The quantitative estimate of drug-likeness (QED) is 0.849. The normalized spacial score (nSPS) is 27.8. The second-order valence-corrected chi connectivity index (χ2v) is 5.29. The highest BCUT2D eigenvalue weighted by Gasteiger charge is 2.25. The molecule has 17 heavy (non-hydrogen) atoms. The minimum absolute atomic E-state index is 0.00297. The van der Waals surface area contributed by atoms with E-state index in [1.54, 1.807) is 0 Å². The van der Waals surface area contributed by atoms with E-state index in [0.717, 1.165) is 25.0 Å². The highest BCUT2D eigenvalue weighted by Crippen LogP contribution is 2.29. The van der Waals surface area contributed by atoms with Crippen molar-refractivity contribution >= 4 is 0 Å². The summed E-state index contributed by atoms with van der Waals surface area (Å²) in [5, 5.41) is 9.90. The molecule has 1 fully saturated rings. The third-order valence-corrected chi connectivity index (χ3v) is 4.03. The first-order chi connectivity index (χ1) is 8.33. The molecule has 0 amide bonds. The van der Waals surface area contributed by atoms with Crippen LogP contribution in [-0.4, -0.2) is 17.3 Å². The van der Waals surface area contributed by atoms with E-state index in [2.05, 4.69) is 18.2 Å². The zero-order chi connectivity index (χ0) is 11.7. The molecule has 0 heterocycles. The molecule has 0 radical (unpaired) electrons. The summed E-state index contributed by atoms with van der Waals surface area (Å²) < 4.78 is 5.94. The van der Waals surface area contributed by atoms with Gasteiger partial charge in [-0.15, -0.1) is 0 Å². The number of benzene rings is 1. The summed E-state index contributed by atoms with van der Waals surface area (Å²) in [4.78, 5) is 0. The van der Waals surface area contributed by atoms with E-state index in [9.17, 15) is 5.11 Å². The van der Waals surface area contributed by atoms with Gasteiger partial charge in [0.2, 0.25) is 0 Å². The molecule has 2 nitrogen and oxygen atoms in total. The van der Waals surface area contributed by atoms with Crippen molar-refractivity contribution in [2.24, 2.45) is 0 Å². The number of fused-ring (bicyclic) bond motifs is 1. The van der Waals surface area contributed by atoms with Crippen molar-refractivity contribution in [1.29, 1.82) is 0 Å². The van der Waals surface area contributed by atoms with E-state index >= 15 is 0 Å². The standard InChI is InChI=1S/C15H20O2/c16-14-6-1-2-7-15(14)17-13-9-8-11-4-3-5-12(11)10-13/h8-10,14-16H,1-7H2/t14-,15-/m0/s1. The van der Waals surface area contributed by atoms with Gasteiger partial charge in [0.1, 0.15) is 11.9 Å². The van der Waals surface area contributed by atoms with Crippen molar-refractivity contribution in [3.8, 4) is 5.75 Å². The van der Waals surface area contributed by atoms with E-state index in [1.165, 1.54) is 36.8 Å². The topological polar surface area (TPSA) is 29.5 Å². The molecule has 0 bridgehead atoms. The van der Waals surface area contributed by atoms with Gasteiger partial charge in [-0.3, -0.25) is 0 Å². The highest BCUT2D eigenvalue weighted by molar-refractivity contribution is 5.38. The van der Waals surface area contributed by atoms with Gasteiger partial charge >= 0.3 is 0 Å². The van der Waals surface area contributed by atoms with E-state index in [1.807, 2.05) is 0 Å². The number of aliphatic hydroxyl groups is 1. The predicted molar refractivity (Wildman–Crippen MR) is 67.4 cm³/mol. The SMILES string of the molecule is O[C@H]1CCCC[C@@H]1Oc1ccc2c(c1)CCC2. The maximum absolute atomic E-state index is 9.90. The average Bonchev–Trinajstić information content (AvgIpc) is 2.79. The van der Waals surface area contributed by atoms with Crippen LogP contribution in [-0.2, 0) is 12.8 Å². The molecule has 1 N–H and O–H groups in total. The molecule has 0 spiro atoms. The number of hydrogen-bond acceptors (Lipinski definition) is 2. The highest BCUT2D eigenvalue weighted by atomic mass is 16.5. The summed E-state index contributed by atoms with van der Waals surface area (Å²) in [5.74, 6) is 0.941. The van der Waals surface area contributed by atoms with Crippen molar-refractivity contribution in [3.63, 3.8) is 0 Å². The van der Waals surface area contributed by atoms with Crippen LogP contribution < -0.4 is 4.74 Å². The summed E-state index contributed by atoms with van der Waals surface area (Å²) in [7, 11) is 0. The summed E-state index contributed by atoms with van der Waals surface area (Å²) >= 11 is 0. The zero-order valence-electron chi connectivity index (χ0n) is 10.2. The van der Waals surface area contributed by atoms with Crippen LogP contribution in [0.5, 0.6) is 5.75 Å². The first-order valence-electron chi connectivity index (χ1n) is 6.79. The van der Waals surface area contributed by atoms with E-state index in [-0.39, 0.29) is 12.2 Å². The van der Waals surface area contributed by atoms with Crippen LogP contribution in [0.4, 0.5) is 0 Å². The van der Waals surface area contributed by atoms with Crippen molar-refractivity contribution in [3.05, 3.63) is 29.3 Å². The third-order valence-electron chi connectivity index (χ3n) is 4.03. The Morgan fingerprint density at radius 2 is 1.82 bits per heavy atom. The number of rotatable bonds is 2. The van der Waals surface area contributed by atoms with Crippen molar-refractivity contribution in [2.75, 3.05) is 0 Å². The summed E-state index contributed by atoms with van der Waals surface area (Å²) in [6.45, 7) is 0. The number of aliphatic hydroxyl groups excluding tert-OH is 1. The van der Waals surface area contributed by atoms with Crippen LogP contribution in [0.3, 0.4) is 0 Å². The first-order valence-corrected chi connectivity index (χ1v) is 6.79. The second kappa shape index (κ2) is 4.69. The summed E-state index contributed by atoms with van der Waals surface area (Å²) in [6.07, 6.45) is 7.55. The van der Waals surface area contributed by atoms with Crippen LogP contribution in [0.15, 0.2) is 18.2 Å². The minimum Gasteiger partial charge on any atom is -0.488 e. The monoisotopic (exact) mass is 232 g/mol. The molecule has 0 unspecified atom stereocenters. The molecule has 0 aliphatic heterocycles. The van der Waals surface area contributed by atoms with Gasteiger partial charge in [-0.25, -0.2) is 0 Å². The molecule has 2 aliphatic rings.